The molecule has 2 aromatic carbocycles. The molecule has 4 rings (SSSR count). The zero-order valence-corrected chi connectivity index (χ0v) is 17.9. The number of nitrogens with zero attached hydrogens (tertiary/aromatic N) is 2. The van der Waals surface area contributed by atoms with Crippen LogP contribution < -0.4 is 10.1 Å². The summed E-state index contributed by atoms with van der Waals surface area (Å²) in [6.07, 6.45) is 3.28. The first-order valence-electron chi connectivity index (χ1n) is 9.84. The van der Waals surface area contributed by atoms with Crippen LogP contribution in [0.1, 0.15) is 24.2 Å². The molecular weight excluding hydrogens is 412 g/mol. The largest absolute Gasteiger partial charge is 0.475 e. The van der Waals surface area contributed by atoms with Gasteiger partial charge in [0, 0.05) is 29.1 Å². The number of hydrogen-bond acceptors (Lipinski definition) is 4. The average molecular weight is 433 g/mol. The van der Waals surface area contributed by atoms with Gasteiger partial charge in [-0.1, -0.05) is 41.9 Å². The van der Waals surface area contributed by atoms with Gasteiger partial charge in [0.1, 0.15) is 5.82 Å². The summed E-state index contributed by atoms with van der Waals surface area (Å²) in [6, 6.07) is 18.4. The minimum atomic E-state index is -0.270. The van der Waals surface area contributed by atoms with Crippen LogP contribution >= 0.6 is 11.6 Å². The standard InChI is InChI=1S/C24H21ClN4O2/c1-15(2)31-22-12-17(10-11-26-22)24(30)28-18-8-9-20(25)19(13-18)23-27-14-21(29-23)16-6-4-3-5-7-16/h3-15H,1-2H3,(H,27,29)(H,28,30). The molecule has 0 radical (unpaired) electrons. The minimum absolute atomic E-state index is 0.0290. The fourth-order valence-electron chi connectivity index (χ4n) is 3.07. The van der Waals surface area contributed by atoms with Crippen LogP contribution in [0.15, 0.2) is 73.1 Å². The van der Waals surface area contributed by atoms with Gasteiger partial charge in [0.15, 0.2) is 0 Å². The van der Waals surface area contributed by atoms with E-state index in [9.17, 15) is 4.79 Å². The van der Waals surface area contributed by atoms with Crippen molar-refractivity contribution in [3.05, 3.63) is 83.6 Å². The number of ether oxygens (including phenoxy) is 1. The number of aromatic nitrogens is 3. The van der Waals surface area contributed by atoms with E-state index in [2.05, 4.69) is 20.3 Å². The third-order valence-corrected chi connectivity index (χ3v) is 4.82. The molecule has 2 N–H and O–H groups in total. The van der Waals surface area contributed by atoms with Crippen LogP contribution in [0.3, 0.4) is 0 Å². The Hall–Kier alpha value is -3.64. The number of hydrogen-bond donors (Lipinski definition) is 2. The monoisotopic (exact) mass is 432 g/mol. The summed E-state index contributed by atoms with van der Waals surface area (Å²) in [4.78, 5) is 24.6. The number of imidazole rings is 1. The smallest absolute Gasteiger partial charge is 0.255 e. The molecule has 0 aliphatic carbocycles. The predicted octanol–water partition coefficient (Wildman–Crippen LogP) is 5.83. The Kier molecular flexibility index (Phi) is 6.00. The first kappa shape index (κ1) is 20.6. The summed E-state index contributed by atoms with van der Waals surface area (Å²) in [7, 11) is 0. The van der Waals surface area contributed by atoms with Gasteiger partial charge in [-0.05, 0) is 43.7 Å². The lowest BCUT2D eigenvalue weighted by atomic mass is 10.1. The maximum atomic E-state index is 12.7. The minimum Gasteiger partial charge on any atom is -0.475 e. The van der Waals surface area contributed by atoms with Gasteiger partial charge >= 0.3 is 0 Å². The van der Waals surface area contributed by atoms with Crippen LogP contribution in [0.5, 0.6) is 5.88 Å². The molecule has 31 heavy (non-hydrogen) atoms. The molecule has 0 atom stereocenters. The summed E-state index contributed by atoms with van der Waals surface area (Å²) < 4.78 is 5.57. The Labute approximate surface area is 185 Å². The van der Waals surface area contributed by atoms with Crippen molar-refractivity contribution in [3.63, 3.8) is 0 Å². The first-order valence-corrected chi connectivity index (χ1v) is 10.2. The lowest BCUT2D eigenvalue weighted by Crippen LogP contribution is -2.13. The number of benzene rings is 2. The fraction of sp³-hybridized carbons (Fsp3) is 0.125. The Morgan fingerprint density at radius 2 is 1.87 bits per heavy atom. The van der Waals surface area contributed by atoms with E-state index in [1.165, 1.54) is 0 Å². The molecule has 0 aliphatic rings. The van der Waals surface area contributed by atoms with Gasteiger partial charge in [0.2, 0.25) is 5.88 Å². The average Bonchev–Trinajstić information content (AvgIpc) is 3.25. The molecule has 0 fully saturated rings. The van der Waals surface area contributed by atoms with E-state index in [1.807, 2.05) is 44.2 Å². The van der Waals surface area contributed by atoms with Crippen molar-refractivity contribution in [3.8, 4) is 28.5 Å². The van der Waals surface area contributed by atoms with Crippen molar-refractivity contribution in [2.24, 2.45) is 0 Å². The van der Waals surface area contributed by atoms with Gasteiger partial charge in [-0.15, -0.1) is 0 Å². The highest BCUT2D eigenvalue weighted by molar-refractivity contribution is 6.33. The number of amides is 1. The highest BCUT2D eigenvalue weighted by Gasteiger charge is 2.13. The van der Waals surface area contributed by atoms with Crippen molar-refractivity contribution in [1.82, 2.24) is 15.0 Å². The molecule has 1 amide bonds. The summed E-state index contributed by atoms with van der Waals surface area (Å²) in [5.41, 5.74) is 3.66. The number of carbonyl (C=O) groups is 1. The van der Waals surface area contributed by atoms with E-state index in [-0.39, 0.29) is 12.0 Å². The summed E-state index contributed by atoms with van der Waals surface area (Å²) in [5, 5.41) is 3.42. The van der Waals surface area contributed by atoms with Crippen LogP contribution in [-0.2, 0) is 0 Å². The first-order chi connectivity index (χ1) is 15.0. The second-order valence-electron chi connectivity index (χ2n) is 7.21. The van der Waals surface area contributed by atoms with E-state index < -0.39 is 0 Å². The number of anilines is 1. The van der Waals surface area contributed by atoms with Gasteiger partial charge < -0.3 is 15.0 Å². The summed E-state index contributed by atoms with van der Waals surface area (Å²) in [6.45, 7) is 3.81. The van der Waals surface area contributed by atoms with Crippen molar-refractivity contribution in [1.29, 1.82) is 0 Å². The van der Waals surface area contributed by atoms with E-state index in [4.69, 9.17) is 16.3 Å². The Morgan fingerprint density at radius 3 is 2.65 bits per heavy atom. The predicted molar refractivity (Wildman–Crippen MR) is 122 cm³/mol. The van der Waals surface area contributed by atoms with Crippen molar-refractivity contribution < 1.29 is 9.53 Å². The molecule has 4 aromatic rings. The van der Waals surface area contributed by atoms with E-state index in [1.54, 1.807) is 42.7 Å². The number of carbonyl (C=O) groups excluding carboxylic acids is 1. The van der Waals surface area contributed by atoms with Crippen LogP contribution in [0.2, 0.25) is 5.02 Å². The van der Waals surface area contributed by atoms with Crippen LogP contribution in [0.25, 0.3) is 22.6 Å². The Balaban J connectivity index is 1.56. The maximum absolute atomic E-state index is 12.7. The number of pyridine rings is 1. The highest BCUT2D eigenvalue weighted by atomic mass is 35.5. The van der Waals surface area contributed by atoms with Crippen molar-refractivity contribution in [2.75, 3.05) is 5.32 Å². The lowest BCUT2D eigenvalue weighted by Gasteiger charge is -2.11. The summed E-state index contributed by atoms with van der Waals surface area (Å²) in [5.74, 6) is 0.758. The number of H-pyrrole nitrogens is 1. The van der Waals surface area contributed by atoms with Crippen LogP contribution in [-0.4, -0.2) is 27.0 Å². The van der Waals surface area contributed by atoms with Gasteiger partial charge in [0.05, 0.1) is 23.0 Å². The molecule has 6 nitrogen and oxygen atoms in total. The Bertz CT molecular complexity index is 1210. The molecule has 0 bridgehead atoms. The Morgan fingerprint density at radius 1 is 1.06 bits per heavy atom. The van der Waals surface area contributed by atoms with Gasteiger partial charge in [-0.25, -0.2) is 9.97 Å². The van der Waals surface area contributed by atoms with Crippen LogP contribution in [0, 0.1) is 0 Å². The SMILES string of the molecule is CC(C)Oc1cc(C(=O)Nc2ccc(Cl)c(-c3ncc(-c4ccccc4)[nH]3)c2)ccn1. The molecule has 0 aliphatic heterocycles. The van der Waals surface area contributed by atoms with Gasteiger partial charge in [0.25, 0.3) is 5.91 Å². The normalized spacial score (nSPS) is 10.8. The number of rotatable bonds is 6. The molecule has 0 saturated heterocycles. The zero-order valence-electron chi connectivity index (χ0n) is 17.1. The van der Waals surface area contributed by atoms with Crippen molar-refractivity contribution >= 4 is 23.2 Å². The molecule has 7 heteroatoms. The number of nitrogens with one attached hydrogen (secondary N) is 2. The zero-order chi connectivity index (χ0) is 21.8. The third-order valence-electron chi connectivity index (χ3n) is 4.49. The van der Waals surface area contributed by atoms with E-state index in [0.717, 1.165) is 11.3 Å². The van der Waals surface area contributed by atoms with Crippen LogP contribution in [0.4, 0.5) is 5.69 Å². The quantitative estimate of drug-likeness (QED) is 0.401. The molecular formula is C24H21ClN4O2. The molecule has 2 heterocycles. The second-order valence-corrected chi connectivity index (χ2v) is 7.62. The third kappa shape index (κ3) is 4.92. The molecule has 0 saturated carbocycles. The topological polar surface area (TPSA) is 79.9 Å². The molecule has 2 aromatic heterocycles. The van der Waals surface area contributed by atoms with Gasteiger partial charge in [-0.2, -0.15) is 0 Å². The summed E-state index contributed by atoms with van der Waals surface area (Å²) >= 11 is 6.41. The maximum Gasteiger partial charge on any atom is 0.255 e. The molecule has 156 valence electrons. The number of aromatic amines is 1. The van der Waals surface area contributed by atoms with Crippen molar-refractivity contribution in [2.45, 2.75) is 20.0 Å². The fourth-order valence-corrected chi connectivity index (χ4v) is 3.27. The molecule has 0 unspecified atom stereocenters. The highest BCUT2D eigenvalue weighted by Crippen LogP contribution is 2.30. The lowest BCUT2D eigenvalue weighted by molar-refractivity contribution is 0.102. The van der Waals surface area contributed by atoms with E-state index in [0.29, 0.717) is 33.5 Å². The second kappa shape index (κ2) is 9.02. The van der Waals surface area contributed by atoms with Gasteiger partial charge in [-0.3, -0.25) is 4.79 Å². The molecule has 0 spiro atoms. The number of halogens is 1. The van der Waals surface area contributed by atoms with E-state index >= 15 is 0 Å².